The number of imidazole rings is 4. The predicted octanol–water partition coefficient (Wildman–Crippen LogP) is -6.07. The fraction of sp³-hybridized carbons (Fsp3) is 0.470. The molecule has 107 heavy (non-hydrogen) atoms. The van der Waals surface area contributed by atoms with Crippen molar-refractivity contribution >= 4 is 99.6 Å². The monoisotopic (exact) mass is 1490 g/mol. The summed E-state index contributed by atoms with van der Waals surface area (Å²) in [5.41, 5.74) is 24.8. The van der Waals surface area contributed by atoms with Crippen molar-refractivity contribution in [3.05, 3.63) is 109 Å². The molecule has 11 atom stereocenters. The van der Waals surface area contributed by atoms with Crippen molar-refractivity contribution in [2.24, 2.45) is 28.9 Å². The zero-order chi connectivity index (χ0) is 77.9. The molecule has 576 valence electrons. The number of hydrogen-bond donors (Lipinski definition) is 22. The smallest absolute Gasteiger partial charge is 0.326 e. The molecule has 1 aliphatic heterocycles. The molecule has 0 saturated carbocycles. The van der Waals surface area contributed by atoms with Crippen LogP contribution < -0.4 is 81.4 Å². The molecule has 0 spiro atoms. The molecule has 13 amide bonds. The first-order chi connectivity index (χ1) is 51.0. The van der Waals surface area contributed by atoms with Gasteiger partial charge in [-0.25, -0.2) is 24.7 Å². The van der Waals surface area contributed by atoms with Crippen molar-refractivity contribution in [1.29, 1.82) is 5.41 Å². The van der Waals surface area contributed by atoms with Gasteiger partial charge in [0.2, 0.25) is 76.8 Å². The molecule has 0 unspecified atom stereocenters. The molecule has 1 aromatic carbocycles. The second-order valence-electron chi connectivity index (χ2n) is 26.0. The van der Waals surface area contributed by atoms with E-state index in [4.69, 9.17) is 28.3 Å². The number of benzene rings is 1. The number of hydrogen-bond acceptors (Lipinski definition) is 20. The van der Waals surface area contributed by atoms with Crippen LogP contribution in [0.15, 0.2) is 80.6 Å². The van der Waals surface area contributed by atoms with Gasteiger partial charge in [-0.3, -0.25) is 67.7 Å². The van der Waals surface area contributed by atoms with Crippen LogP contribution in [0.4, 0.5) is 0 Å². The van der Waals surface area contributed by atoms with Crippen molar-refractivity contribution in [3.8, 4) is 0 Å². The lowest BCUT2D eigenvalue weighted by Gasteiger charge is -2.29. The minimum atomic E-state index is -1.91. The summed E-state index contributed by atoms with van der Waals surface area (Å²) in [6.45, 7) is 4.45. The number of nitrogens with two attached hydrogens (primary N) is 4. The Balaban J connectivity index is 1.11. The van der Waals surface area contributed by atoms with E-state index in [9.17, 15) is 72.2 Å². The normalized spacial score (nSPS) is 15.4. The highest BCUT2D eigenvalue weighted by Gasteiger charge is 2.41. The molecule has 1 fully saturated rings. The summed E-state index contributed by atoms with van der Waals surface area (Å²) in [7, 11) is 0. The van der Waals surface area contributed by atoms with E-state index in [0.717, 1.165) is 0 Å². The van der Waals surface area contributed by atoms with Crippen LogP contribution in [0.2, 0.25) is 0 Å². The van der Waals surface area contributed by atoms with Gasteiger partial charge >= 0.3 is 5.97 Å². The fourth-order valence-corrected chi connectivity index (χ4v) is 11.8. The number of aliphatic carboxylic acids is 1. The van der Waals surface area contributed by atoms with E-state index in [-0.39, 0.29) is 87.5 Å². The van der Waals surface area contributed by atoms with Crippen LogP contribution in [-0.2, 0) is 99.2 Å². The molecule has 0 bridgehead atoms. The van der Waals surface area contributed by atoms with Gasteiger partial charge in [0.05, 0.1) is 38.3 Å². The van der Waals surface area contributed by atoms with Crippen molar-refractivity contribution < 1.29 is 72.2 Å². The topological polar surface area (TPSA) is 653 Å². The van der Waals surface area contributed by atoms with E-state index < -0.39 is 187 Å². The Kier molecular flexibility index (Phi) is 30.5. The number of guanidine groups is 1. The SMILES string of the molecule is CC(C)C[C@H](NC(=O)[C@@H]1CCCN1C(=O)[C@H](C)NC(=O)[C@H](CCC(N)=O)NC(=O)[C@H](Cc1cnc[nH]1)NC(=O)[C@H](CCCNC(=N)N)NC(=O)[C@H](Cc1cnc[nH]1)NC(=O)[C@H](CC(N)=O)NC(=O)[C@H](Cc1cnc[nH]1)NC(=O)[C@H](Cc1c[nH]c2ccccc12)NC(=O)[C@H](Cc1cnc[nH]1)NC(=O)CN)C(=O)O. The summed E-state index contributed by atoms with van der Waals surface area (Å²) < 4.78 is 0. The van der Waals surface area contributed by atoms with Gasteiger partial charge in [-0.1, -0.05) is 32.0 Å². The van der Waals surface area contributed by atoms with Crippen LogP contribution in [0.5, 0.6) is 0 Å². The zero-order valence-electron chi connectivity index (χ0n) is 59.0. The Labute approximate surface area is 611 Å². The van der Waals surface area contributed by atoms with Crippen LogP contribution in [0.25, 0.3) is 10.9 Å². The van der Waals surface area contributed by atoms with Gasteiger partial charge in [-0.2, -0.15) is 0 Å². The molecule has 0 aliphatic carbocycles. The van der Waals surface area contributed by atoms with Crippen LogP contribution in [-0.4, -0.2) is 230 Å². The highest BCUT2D eigenvalue weighted by molar-refractivity contribution is 6.01. The number of aromatic amines is 5. The number of H-pyrrole nitrogens is 5. The summed E-state index contributed by atoms with van der Waals surface area (Å²) in [4.78, 5) is 226. The molecule has 41 heteroatoms. The Bertz CT molecular complexity index is 4050. The third kappa shape index (κ3) is 25.4. The van der Waals surface area contributed by atoms with E-state index in [1.54, 1.807) is 44.3 Å². The van der Waals surface area contributed by atoms with E-state index in [2.05, 4.69) is 103 Å². The molecule has 26 N–H and O–H groups in total. The number of aromatic nitrogens is 9. The fourth-order valence-electron chi connectivity index (χ4n) is 11.8. The summed E-state index contributed by atoms with van der Waals surface area (Å²) in [6.07, 6.45) is 9.45. The largest absolute Gasteiger partial charge is 0.480 e. The number of primary amides is 2. The molecule has 6 heterocycles. The third-order valence-electron chi connectivity index (χ3n) is 17.2. The quantitative estimate of drug-likeness (QED) is 0.00962. The number of likely N-dealkylation sites (tertiary alicyclic amines) is 1. The van der Waals surface area contributed by atoms with Crippen molar-refractivity contribution in [2.75, 3.05) is 19.6 Å². The number of nitrogens with one attached hydrogen (secondary N) is 17. The molecular weight excluding hydrogens is 1400 g/mol. The highest BCUT2D eigenvalue weighted by atomic mass is 16.4. The molecule has 1 saturated heterocycles. The number of para-hydroxylation sites is 1. The average molecular weight is 1490 g/mol. The van der Waals surface area contributed by atoms with E-state index in [0.29, 0.717) is 28.6 Å². The number of rotatable bonds is 43. The number of amides is 13. The van der Waals surface area contributed by atoms with E-state index in [1.807, 2.05) is 0 Å². The lowest BCUT2D eigenvalue weighted by atomic mass is 10.0. The van der Waals surface area contributed by atoms with E-state index in [1.165, 1.54) is 61.9 Å². The van der Waals surface area contributed by atoms with Crippen LogP contribution in [0.1, 0.15) is 100 Å². The van der Waals surface area contributed by atoms with Gasteiger partial charge in [0.25, 0.3) is 0 Å². The third-order valence-corrected chi connectivity index (χ3v) is 17.2. The standard InChI is InChI=1S/C66H92N26O15/c1-33(2)16-50(65(106)107)91-63(104)51-11-7-15-92(51)64(105)34(3)82-55(96)43(12-13-52(68)93)85-60(101)46(19-37-26-73-30-79-37)87-56(97)42(10-6-14-76-66(70)71)84-59(100)47(20-38-27-74-31-80-38)89-62(103)49(22-53(69)94)90-61(102)48(21-39-28-75-32-81-39)88-57(98)44(17-35-24-77-41-9-5-4-8-40(35)41)86-58(99)45(83-54(95)23-67)18-36-25-72-29-78-36/h4-5,8-9,24-34,42-51,77H,6-7,10-23,67H2,1-3H3,(H2,68,93)(H2,69,94)(H,72,78)(H,73,79)(H,74,80)(H,75,81)(H,82,96)(H,83,95)(H,84,100)(H,85,101)(H,86,99)(H,87,97)(H,88,98)(H,89,103)(H,90,102)(H,91,104)(H,106,107)(H4,70,71,76)/t34-,42-,43-,44-,45-,46-,47-,48-,49-,50-,51-/m0/s1. The molecule has 41 nitrogen and oxygen atoms in total. The number of fused-ring (bicyclic) bond motifs is 1. The Morgan fingerprint density at radius 1 is 0.542 bits per heavy atom. The molecular formula is C66H92N26O15. The average Bonchev–Trinajstić information content (AvgIpc) is 1.73. The summed E-state index contributed by atoms with van der Waals surface area (Å²) in [5.74, 6) is -14.1. The summed E-state index contributed by atoms with van der Waals surface area (Å²) >= 11 is 0. The maximum atomic E-state index is 14.9. The van der Waals surface area contributed by atoms with Crippen LogP contribution in [0.3, 0.4) is 0 Å². The van der Waals surface area contributed by atoms with Gasteiger partial charge in [0.1, 0.15) is 66.5 Å². The number of carboxylic acid groups (broad SMARTS) is 1. The highest BCUT2D eigenvalue weighted by Crippen LogP contribution is 2.22. The maximum absolute atomic E-state index is 14.9. The summed E-state index contributed by atoms with van der Waals surface area (Å²) in [6, 6.07) is -9.49. The van der Waals surface area contributed by atoms with Gasteiger partial charge in [0, 0.05) is 116 Å². The number of carbonyl (C=O) groups is 14. The Hall–Kier alpha value is -12.6. The van der Waals surface area contributed by atoms with Crippen molar-refractivity contribution in [2.45, 2.75) is 171 Å². The predicted molar refractivity (Wildman–Crippen MR) is 378 cm³/mol. The minimum absolute atomic E-state index is 0.00165. The lowest BCUT2D eigenvalue weighted by molar-refractivity contribution is -0.145. The van der Waals surface area contributed by atoms with Crippen molar-refractivity contribution in [3.63, 3.8) is 0 Å². The molecule has 0 radical (unpaired) electrons. The minimum Gasteiger partial charge on any atom is -0.480 e. The number of carbonyl (C=O) groups excluding carboxylic acids is 13. The molecule has 5 aromatic heterocycles. The van der Waals surface area contributed by atoms with Gasteiger partial charge in [-0.05, 0) is 63.0 Å². The molecule has 6 aromatic rings. The Morgan fingerprint density at radius 2 is 0.981 bits per heavy atom. The number of nitrogens with zero attached hydrogens (tertiary/aromatic N) is 5. The van der Waals surface area contributed by atoms with Crippen LogP contribution >= 0.6 is 0 Å². The zero-order valence-corrected chi connectivity index (χ0v) is 59.0. The molecule has 1 aliphatic rings. The van der Waals surface area contributed by atoms with Gasteiger partial charge in [-0.15, -0.1) is 0 Å². The summed E-state index contributed by atoms with van der Waals surface area (Å²) in [5, 5.41) is 46.4. The van der Waals surface area contributed by atoms with Crippen molar-refractivity contribution in [1.82, 2.24) is 108 Å². The number of carboxylic acids is 1. The lowest BCUT2D eigenvalue weighted by Crippen LogP contribution is -2.61. The van der Waals surface area contributed by atoms with Crippen LogP contribution in [0, 0.1) is 11.3 Å². The van der Waals surface area contributed by atoms with E-state index >= 15 is 0 Å². The van der Waals surface area contributed by atoms with Gasteiger partial charge < -0.3 is 116 Å². The second kappa shape index (κ2) is 39.9. The first kappa shape index (κ1) is 81.7. The Morgan fingerprint density at radius 3 is 1.43 bits per heavy atom. The maximum Gasteiger partial charge on any atom is 0.326 e. The first-order valence-electron chi connectivity index (χ1n) is 34.4. The second-order valence-corrected chi connectivity index (χ2v) is 26.0. The first-order valence-corrected chi connectivity index (χ1v) is 34.4. The molecule has 7 rings (SSSR count). The van der Waals surface area contributed by atoms with Gasteiger partial charge in [0.15, 0.2) is 5.96 Å².